The lowest BCUT2D eigenvalue weighted by atomic mass is 9.40. The highest BCUT2D eigenvalue weighted by atomic mass is 16.5. The van der Waals surface area contributed by atoms with Crippen molar-refractivity contribution >= 4 is 33.9 Å². The highest BCUT2D eigenvalue weighted by Crippen LogP contribution is 2.71. The fourth-order valence-corrected chi connectivity index (χ4v) is 13.7. The lowest BCUT2D eigenvalue weighted by Crippen LogP contribution is -2.62. The fraction of sp³-hybridized carbons (Fsp3) is 0.612. The van der Waals surface area contributed by atoms with Gasteiger partial charge in [0.1, 0.15) is 11.8 Å². The predicted octanol–water partition coefficient (Wildman–Crippen LogP) is 8.97. The van der Waals surface area contributed by atoms with Gasteiger partial charge >= 0.3 is 0 Å². The molecule has 2 aromatic rings. The minimum atomic E-state index is -0.870. The summed E-state index contributed by atoms with van der Waals surface area (Å²) in [5.41, 5.74) is 5.39. The number of aromatic nitrogens is 1. The second-order valence-corrected chi connectivity index (χ2v) is 21.2. The van der Waals surface area contributed by atoms with Crippen molar-refractivity contribution in [1.82, 2.24) is 9.88 Å². The zero-order valence-electron chi connectivity index (χ0n) is 36.3. The van der Waals surface area contributed by atoms with Gasteiger partial charge in [-0.3, -0.25) is 14.4 Å². The van der Waals surface area contributed by atoms with E-state index in [2.05, 4.69) is 83.1 Å². The van der Waals surface area contributed by atoms with Crippen molar-refractivity contribution in [2.45, 2.75) is 162 Å². The minimum absolute atomic E-state index is 0.0192. The molecule has 2 aliphatic heterocycles. The molecule has 6 aliphatic rings. The summed E-state index contributed by atoms with van der Waals surface area (Å²) in [5, 5.41) is 28.2. The second-order valence-electron chi connectivity index (χ2n) is 21.2. The maximum absolute atomic E-state index is 15.0. The third kappa shape index (κ3) is 5.44. The number of fused-ring (bicyclic) bond motifs is 11. The van der Waals surface area contributed by atoms with E-state index in [1.54, 1.807) is 6.92 Å². The number of ketones is 2. The van der Waals surface area contributed by atoms with Crippen LogP contribution in [-0.4, -0.2) is 55.1 Å². The lowest BCUT2D eigenvalue weighted by Gasteiger charge is -2.64. The number of aliphatic hydroxyl groups is 2. The monoisotopic (exact) mass is 776 g/mol. The van der Waals surface area contributed by atoms with E-state index < -0.39 is 40.4 Å². The van der Waals surface area contributed by atoms with E-state index in [1.165, 1.54) is 18.2 Å². The number of nitrogens with one attached hydrogen (secondary N) is 1. The van der Waals surface area contributed by atoms with Crippen molar-refractivity contribution in [1.29, 1.82) is 0 Å². The first-order valence-corrected chi connectivity index (χ1v) is 21.2. The zero-order valence-corrected chi connectivity index (χ0v) is 36.3. The Morgan fingerprint density at radius 3 is 2.39 bits per heavy atom. The van der Waals surface area contributed by atoms with Crippen LogP contribution in [0.2, 0.25) is 0 Å². The Hall–Kier alpha value is -3.59. The summed E-state index contributed by atoms with van der Waals surface area (Å²) in [4.78, 5) is 39.9. The summed E-state index contributed by atoms with van der Waals surface area (Å²) < 4.78 is 8.90. The molecule has 306 valence electrons. The molecule has 8 nitrogen and oxygen atoms in total. The van der Waals surface area contributed by atoms with Crippen LogP contribution in [0.1, 0.15) is 160 Å². The van der Waals surface area contributed by atoms with E-state index in [0.29, 0.717) is 23.5 Å². The Morgan fingerprint density at radius 1 is 1.05 bits per heavy atom. The second kappa shape index (κ2) is 12.5. The van der Waals surface area contributed by atoms with Gasteiger partial charge in [0.2, 0.25) is 5.91 Å². The van der Waals surface area contributed by atoms with E-state index in [1.807, 2.05) is 32.9 Å². The molecule has 8 rings (SSSR count). The average Bonchev–Trinajstić information content (AvgIpc) is 3.74. The van der Waals surface area contributed by atoms with Gasteiger partial charge in [0.25, 0.3) is 0 Å². The summed E-state index contributed by atoms with van der Waals surface area (Å²) in [7, 11) is 0. The highest BCUT2D eigenvalue weighted by molar-refractivity contribution is 6.18. The molecule has 0 spiro atoms. The Bertz CT molecular complexity index is 2260. The number of allylic oxidation sites excluding steroid dienone is 3. The maximum atomic E-state index is 15.0. The van der Waals surface area contributed by atoms with Crippen molar-refractivity contribution in [2.75, 3.05) is 0 Å². The first kappa shape index (κ1) is 40.2. The van der Waals surface area contributed by atoms with E-state index in [-0.39, 0.29) is 46.6 Å². The van der Waals surface area contributed by atoms with Gasteiger partial charge in [0.05, 0.1) is 34.5 Å². The van der Waals surface area contributed by atoms with Gasteiger partial charge in [-0.15, -0.1) is 0 Å². The number of hydrogen-bond acceptors (Lipinski definition) is 6. The number of benzene rings is 1. The van der Waals surface area contributed by atoms with Crippen LogP contribution in [0.3, 0.4) is 0 Å². The molecule has 57 heavy (non-hydrogen) atoms. The molecule has 0 saturated heterocycles. The van der Waals surface area contributed by atoms with E-state index >= 15 is 0 Å². The molecule has 3 N–H and O–H groups in total. The number of nitrogens with zero attached hydrogens (tertiary/aromatic N) is 1. The van der Waals surface area contributed by atoms with Crippen molar-refractivity contribution < 1.29 is 29.3 Å². The molecule has 1 aromatic heterocycles. The van der Waals surface area contributed by atoms with E-state index in [9.17, 15) is 24.6 Å². The van der Waals surface area contributed by atoms with Gasteiger partial charge in [-0.2, -0.15) is 0 Å². The molecule has 1 aromatic carbocycles. The number of hydrogen-bond donors (Lipinski definition) is 3. The highest BCUT2D eigenvalue weighted by Gasteiger charge is 2.68. The van der Waals surface area contributed by atoms with Crippen molar-refractivity contribution in [2.24, 2.45) is 28.6 Å². The molecule has 4 aliphatic carbocycles. The minimum Gasteiger partial charge on any atom is -0.392 e. The lowest BCUT2D eigenvalue weighted by molar-refractivity contribution is -0.144. The van der Waals surface area contributed by atoms with Gasteiger partial charge in [0.15, 0.2) is 5.78 Å². The number of ether oxygens (including phenoxy) is 1. The van der Waals surface area contributed by atoms with Crippen LogP contribution >= 0.6 is 0 Å². The molecule has 9 atom stereocenters. The van der Waals surface area contributed by atoms with Crippen LogP contribution in [0.5, 0.6) is 0 Å². The van der Waals surface area contributed by atoms with Crippen LogP contribution < -0.4 is 5.32 Å². The van der Waals surface area contributed by atoms with Gasteiger partial charge < -0.3 is 24.8 Å². The van der Waals surface area contributed by atoms with Crippen LogP contribution in [0.25, 0.3) is 16.5 Å². The zero-order chi connectivity index (χ0) is 41.7. The van der Waals surface area contributed by atoms with Crippen LogP contribution in [0.15, 0.2) is 48.1 Å². The Balaban J connectivity index is 1.24. The van der Waals surface area contributed by atoms with Crippen LogP contribution in [0, 0.1) is 28.6 Å². The number of carbonyl (C=O) groups excluding carboxylic acids is 3. The summed E-state index contributed by atoms with van der Waals surface area (Å²) >= 11 is 0. The third-order valence-electron chi connectivity index (χ3n) is 15.9. The van der Waals surface area contributed by atoms with Crippen molar-refractivity contribution in [3.05, 3.63) is 76.0 Å². The summed E-state index contributed by atoms with van der Waals surface area (Å²) in [6, 6.07) is 1.75. The smallest absolute Gasteiger partial charge is 0.247 e. The summed E-state index contributed by atoms with van der Waals surface area (Å²) in [5.74, 6) is 0.0292. The predicted molar refractivity (Wildman–Crippen MR) is 225 cm³/mol. The molecule has 2 fully saturated rings. The largest absolute Gasteiger partial charge is 0.392 e. The van der Waals surface area contributed by atoms with Gasteiger partial charge in [-0.05, 0) is 141 Å². The van der Waals surface area contributed by atoms with Crippen molar-refractivity contribution in [3.8, 4) is 0 Å². The molecule has 9 unspecified atom stereocenters. The Kier molecular flexibility index (Phi) is 8.79. The van der Waals surface area contributed by atoms with E-state index in [0.717, 1.165) is 58.9 Å². The van der Waals surface area contributed by atoms with Gasteiger partial charge in [0, 0.05) is 50.9 Å². The first-order valence-electron chi connectivity index (χ1n) is 21.2. The Morgan fingerprint density at radius 2 is 1.74 bits per heavy atom. The van der Waals surface area contributed by atoms with Crippen molar-refractivity contribution in [3.63, 3.8) is 0 Å². The average molecular weight is 777 g/mol. The quantitative estimate of drug-likeness (QED) is 0.147. The molecule has 0 bridgehead atoms. The standard InChI is InChI=1S/C49H64N2O6/c1-25(2)38-41(55)36-35-29(32-24-45(7,8)57-46(9,10)37(32)40(35)54)22-30-31-21-28-16-17-33-47(11,19-14-15-26(3)43(56)50-44(5,6)23-27(4)52)34(53)18-20-48(33,12)49(28,13)42(31)51(38)39(30)36/h14-15,19,22,24,28,33-34,37-38,40,53-54H,1,16-18,20-21,23H2,2-13H3,(H,50,56)/b19-14+,26-15+. The Labute approximate surface area is 338 Å². The topological polar surface area (TPSA) is 118 Å². The molecular weight excluding hydrogens is 713 g/mol. The summed E-state index contributed by atoms with van der Waals surface area (Å²) in [6.45, 7) is 28.7. The molecule has 3 heterocycles. The normalized spacial score (nSPS) is 36.1. The molecule has 8 heteroatoms. The molecular formula is C49H64N2O6. The number of Topliss-reactive ketones (excluding diaryl/α,β-unsaturated/α-hetero) is 2. The number of aliphatic hydroxyl groups excluding tert-OH is 2. The summed E-state index contributed by atoms with van der Waals surface area (Å²) in [6.07, 6.45) is 11.3. The van der Waals surface area contributed by atoms with Gasteiger partial charge in [-0.1, -0.05) is 51.2 Å². The SMILES string of the molecule is C=C(C)C1C(=O)c2c3c(cc4c5c(n1c24)C1(C)C(CCC2C(C)(/C=C/C=C(\C)C(=O)NC(C)(C)CC(C)=O)C(O)CCC21C)C5)C1=CC(C)(C)OC(C)(C)C1C3O. The molecule has 1 amide bonds. The number of carbonyl (C=O) groups is 3. The van der Waals surface area contributed by atoms with Gasteiger partial charge in [-0.25, -0.2) is 0 Å². The molecule has 0 radical (unpaired) electrons. The third-order valence-corrected chi connectivity index (χ3v) is 15.9. The number of rotatable bonds is 7. The molecule has 2 saturated carbocycles. The number of amides is 1. The fourth-order valence-electron chi connectivity index (χ4n) is 13.7. The van der Waals surface area contributed by atoms with Crippen LogP contribution in [0.4, 0.5) is 0 Å². The van der Waals surface area contributed by atoms with Crippen LogP contribution in [-0.2, 0) is 26.2 Å². The first-order chi connectivity index (χ1) is 26.3. The maximum Gasteiger partial charge on any atom is 0.247 e. The van der Waals surface area contributed by atoms with E-state index in [4.69, 9.17) is 4.74 Å².